The molecule has 5 aromatic carbocycles. The first kappa shape index (κ1) is 46.5. The number of rotatable bonds is 15. The quantitative estimate of drug-likeness (QED) is 0.0685. The second kappa shape index (κ2) is 20.8. The van der Waals surface area contributed by atoms with E-state index in [1.807, 2.05) is 64.2 Å². The molecule has 5 N–H and O–H groups in total. The maximum atomic E-state index is 13.1. The van der Waals surface area contributed by atoms with Crippen molar-refractivity contribution in [3.63, 3.8) is 0 Å². The molecule has 6 rings (SSSR count). The van der Waals surface area contributed by atoms with E-state index >= 15 is 0 Å². The summed E-state index contributed by atoms with van der Waals surface area (Å²) < 4.78 is 69.8. The Morgan fingerprint density at radius 3 is 1.92 bits per heavy atom. The topological polar surface area (TPSA) is 200 Å². The zero-order valence-corrected chi connectivity index (χ0v) is 34.1. The summed E-state index contributed by atoms with van der Waals surface area (Å²) in [7, 11) is -2.63. The number of carboxylic acids is 3. The number of amides is 1. The number of ether oxygens (including phenoxy) is 1. The van der Waals surface area contributed by atoms with Crippen LogP contribution in [0.5, 0.6) is 5.75 Å². The minimum absolute atomic E-state index is 0.134. The molecule has 0 aliphatic carbocycles. The minimum atomic E-state index is -4.43. The lowest BCUT2D eigenvalue weighted by molar-refractivity contribution is -0.144. The fraction of sp³-hybridized carbons (Fsp3) is 0.244. The number of methoxy groups -OCH3 is 1. The molecule has 1 saturated heterocycles. The molecule has 1 fully saturated rings. The molecule has 13 nitrogen and oxygen atoms in total. The number of benzene rings is 5. The summed E-state index contributed by atoms with van der Waals surface area (Å²) in [6.07, 6.45) is -3.59. The van der Waals surface area contributed by atoms with Crippen LogP contribution in [0.1, 0.15) is 64.7 Å². The van der Waals surface area contributed by atoms with E-state index in [-0.39, 0.29) is 23.1 Å². The van der Waals surface area contributed by atoms with Crippen molar-refractivity contribution in [1.29, 1.82) is 0 Å². The SMILES string of the molecule is COc1ccc(S(=O)(=O)N[C@@H](CCC(=O)O)C(=O)O)cc1.O=C(Nc1ccc(C2CCN([C@H](C(=O)O)c3ccccc3)CC2)cc1)c1ccccc1-c1ccc(C(F)(F)F)cc1. The largest absolute Gasteiger partial charge is 0.497 e. The normalized spacial score (nSPS) is 14.4. The second-order valence-corrected chi connectivity index (χ2v) is 16.0. The molecule has 0 saturated carbocycles. The number of carbonyl (C=O) groups excluding carboxylic acids is 1. The Labute approximate surface area is 355 Å². The third-order valence-corrected chi connectivity index (χ3v) is 11.7. The predicted octanol–water partition coefficient (Wildman–Crippen LogP) is 7.92. The fourth-order valence-corrected chi connectivity index (χ4v) is 8.18. The van der Waals surface area contributed by atoms with Gasteiger partial charge in [-0.1, -0.05) is 72.8 Å². The van der Waals surface area contributed by atoms with E-state index in [1.165, 1.54) is 43.5 Å². The third-order valence-electron chi connectivity index (χ3n) is 10.2. The van der Waals surface area contributed by atoms with Crippen molar-refractivity contribution in [3.8, 4) is 16.9 Å². The summed E-state index contributed by atoms with van der Waals surface area (Å²) >= 11 is 0. The van der Waals surface area contributed by atoms with E-state index in [2.05, 4.69) is 5.32 Å². The third kappa shape index (κ3) is 12.5. The van der Waals surface area contributed by atoms with Gasteiger partial charge in [-0.25, -0.2) is 8.42 Å². The minimum Gasteiger partial charge on any atom is -0.497 e. The van der Waals surface area contributed by atoms with Crippen LogP contribution in [-0.2, 0) is 30.6 Å². The van der Waals surface area contributed by atoms with Crippen molar-refractivity contribution in [1.82, 2.24) is 9.62 Å². The summed E-state index contributed by atoms with van der Waals surface area (Å²) in [6, 6.07) is 31.6. The average molecular weight is 876 g/mol. The van der Waals surface area contributed by atoms with Crippen LogP contribution in [0, 0.1) is 0 Å². The van der Waals surface area contributed by atoms with Gasteiger partial charge in [-0.15, -0.1) is 0 Å². The number of sulfonamides is 1. The molecule has 0 radical (unpaired) electrons. The van der Waals surface area contributed by atoms with Crippen LogP contribution in [0.4, 0.5) is 18.9 Å². The van der Waals surface area contributed by atoms with E-state index in [9.17, 15) is 45.9 Å². The van der Waals surface area contributed by atoms with Gasteiger partial charge in [0.15, 0.2) is 0 Å². The zero-order valence-electron chi connectivity index (χ0n) is 33.3. The van der Waals surface area contributed by atoms with Gasteiger partial charge in [0, 0.05) is 17.7 Å². The van der Waals surface area contributed by atoms with E-state index < -0.39 is 58.2 Å². The van der Waals surface area contributed by atoms with Crippen LogP contribution >= 0.6 is 0 Å². The van der Waals surface area contributed by atoms with Crippen LogP contribution in [-0.4, -0.2) is 78.7 Å². The van der Waals surface area contributed by atoms with Gasteiger partial charge in [-0.05, 0) is 115 Å². The molecule has 2 atom stereocenters. The molecule has 0 aromatic heterocycles. The molecule has 0 spiro atoms. The van der Waals surface area contributed by atoms with Gasteiger partial charge in [0.1, 0.15) is 17.8 Å². The van der Waals surface area contributed by atoms with Gasteiger partial charge in [-0.3, -0.25) is 24.1 Å². The molecule has 1 aliphatic heterocycles. The summed E-state index contributed by atoms with van der Waals surface area (Å²) in [5.74, 6) is -3.12. The van der Waals surface area contributed by atoms with E-state index in [1.54, 1.807) is 24.3 Å². The number of nitrogens with zero attached hydrogens (tertiary/aromatic N) is 1. The van der Waals surface area contributed by atoms with Gasteiger partial charge in [-0.2, -0.15) is 17.9 Å². The molecule has 1 heterocycles. The smallest absolute Gasteiger partial charge is 0.416 e. The number of likely N-dealkylation sites (tertiary alicyclic amines) is 1. The van der Waals surface area contributed by atoms with Gasteiger partial charge in [0.05, 0.1) is 17.6 Å². The number of hydrogen-bond acceptors (Lipinski definition) is 8. The fourth-order valence-electron chi connectivity index (χ4n) is 6.96. The Hall–Kier alpha value is -6.56. The molecule has 17 heteroatoms. The lowest BCUT2D eigenvalue weighted by atomic mass is 9.88. The number of hydrogen-bond donors (Lipinski definition) is 5. The van der Waals surface area contributed by atoms with Crippen LogP contribution in [0.25, 0.3) is 11.1 Å². The second-order valence-electron chi connectivity index (χ2n) is 14.3. The van der Waals surface area contributed by atoms with Crippen molar-refractivity contribution < 1.29 is 60.8 Å². The van der Waals surface area contributed by atoms with Gasteiger partial charge >= 0.3 is 24.1 Å². The predicted molar refractivity (Wildman–Crippen MR) is 223 cm³/mol. The Bertz CT molecular complexity index is 2430. The Kier molecular flexibility index (Phi) is 15.6. The highest BCUT2D eigenvalue weighted by Gasteiger charge is 2.32. The monoisotopic (exact) mass is 875 g/mol. The van der Waals surface area contributed by atoms with Crippen molar-refractivity contribution in [3.05, 3.63) is 150 Å². The summed E-state index contributed by atoms with van der Waals surface area (Å²) in [5.41, 5.74) is 3.17. The molecule has 0 unspecified atom stereocenters. The highest BCUT2D eigenvalue weighted by atomic mass is 32.2. The lowest BCUT2D eigenvalue weighted by Crippen LogP contribution is -2.41. The average Bonchev–Trinajstić information content (AvgIpc) is 3.26. The first-order chi connectivity index (χ1) is 29.5. The summed E-state index contributed by atoms with van der Waals surface area (Å²) in [6.45, 7) is 1.32. The van der Waals surface area contributed by atoms with Crippen LogP contribution in [0.15, 0.2) is 132 Å². The first-order valence-corrected chi connectivity index (χ1v) is 20.8. The number of carbonyl (C=O) groups is 4. The van der Waals surface area contributed by atoms with Crippen molar-refractivity contribution in [2.24, 2.45) is 0 Å². The van der Waals surface area contributed by atoms with Gasteiger partial charge < -0.3 is 25.4 Å². The van der Waals surface area contributed by atoms with Crippen molar-refractivity contribution in [2.45, 2.75) is 54.8 Å². The lowest BCUT2D eigenvalue weighted by Gasteiger charge is -2.36. The highest BCUT2D eigenvalue weighted by molar-refractivity contribution is 7.89. The molecule has 0 bridgehead atoms. The van der Waals surface area contributed by atoms with Crippen LogP contribution < -0.4 is 14.8 Å². The van der Waals surface area contributed by atoms with Gasteiger partial charge in [0.25, 0.3) is 5.91 Å². The number of alkyl halides is 3. The first-order valence-electron chi connectivity index (χ1n) is 19.3. The van der Waals surface area contributed by atoms with E-state index in [0.29, 0.717) is 41.2 Å². The maximum absolute atomic E-state index is 13.1. The molecule has 62 heavy (non-hydrogen) atoms. The van der Waals surface area contributed by atoms with Crippen LogP contribution in [0.3, 0.4) is 0 Å². The molecular formula is C45H44F3N3O10S. The molecule has 1 aliphatic rings. The number of halogens is 3. The zero-order chi connectivity index (χ0) is 45.0. The Morgan fingerprint density at radius 1 is 0.774 bits per heavy atom. The molecule has 326 valence electrons. The number of nitrogens with one attached hydrogen (secondary N) is 2. The Morgan fingerprint density at radius 2 is 1.37 bits per heavy atom. The summed E-state index contributed by atoms with van der Waals surface area (Å²) in [4.78, 5) is 48.5. The molecular weight excluding hydrogens is 832 g/mol. The van der Waals surface area contributed by atoms with Gasteiger partial charge in [0.2, 0.25) is 10.0 Å². The molecule has 1 amide bonds. The van der Waals surface area contributed by atoms with E-state index in [4.69, 9.17) is 14.9 Å². The number of anilines is 1. The van der Waals surface area contributed by atoms with Crippen molar-refractivity contribution in [2.75, 3.05) is 25.5 Å². The number of carboxylic acid groups (broad SMARTS) is 3. The number of aliphatic carboxylic acids is 3. The van der Waals surface area contributed by atoms with Crippen molar-refractivity contribution >= 4 is 39.5 Å². The standard InChI is InChI=1S/C33H29F3N2O3.C12H15NO7S/c34-33(35,36)26-14-10-24(11-15-26)28-8-4-5-9-29(28)31(39)37-27-16-12-22(13-17-27)23-18-20-38(21-19-23)30(32(40)41)25-6-2-1-3-7-25;1-20-8-2-4-9(5-3-8)21(18,19)13-10(12(16)17)6-7-11(14)15/h1-17,23,30H,18-21H2,(H,37,39)(H,40,41);2-5,10,13H,6-7H2,1H3,(H,14,15)(H,16,17)/t30-;10-/m00/s1. The summed E-state index contributed by atoms with van der Waals surface area (Å²) in [5, 5.41) is 30.2. The number of piperidine rings is 1. The molecule has 5 aromatic rings. The maximum Gasteiger partial charge on any atom is 0.416 e. The highest BCUT2D eigenvalue weighted by Crippen LogP contribution is 2.34. The van der Waals surface area contributed by atoms with E-state index in [0.717, 1.165) is 36.1 Å². The van der Waals surface area contributed by atoms with Crippen LogP contribution in [0.2, 0.25) is 0 Å². The Balaban J connectivity index is 0.000000292.